The second-order valence-corrected chi connectivity index (χ2v) is 5.96. The number of carbonyl (C=O) groups is 1. The molecule has 1 aromatic carbocycles. The van der Waals surface area contributed by atoms with Crippen molar-refractivity contribution in [1.29, 1.82) is 0 Å². The molecule has 0 aromatic heterocycles. The van der Waals surface area contributed by atoms with Crippen LogP contribution in [0.5, 0.6) is 0 Å². The lowest BCUT2D eigenvalue weighted by atomic mass is 10.1. The zero-order chi connectivity index (χ0) is 15.2. The molecule has 112 valence electrons. The third-order valence-electron chi connectivity index (χ3n) is 2.74. The number of methoxy groups -OCH3 is 1. The van der Waals surface area contributed by atoms with Gasteiger partial charge in [0.05, 0.1) is 17.6 Å². The molecule has 0 radical (unpaired) electrons. The predicted octanol–water partition coefficient (Wildman–Crippen LogP) is 0.669. The molecular formula is C13H20N2O4S. The number of rotatable bonds is 7. The summed E-state index contributed by atoms with van der Waals surface area (Å²) in [5, 5.41) is 3.02. The number of nitrogens with one attached hydrogen (secondary N) is 2. The van der Waals surface area contributed by atoms with Crippen molar-refractivity contribution in [3.05, 3.63) is 29.3 Å². The molecule has 0 bridgehead atoms. The Morgan fingerprint density at radius 2 is 2.00 bits per heavy atom. The minimum Gasteiger partial charge on any atom is -0.465 e. The number of ether oxygens (including phenoxy) is 1. The molecule has 0 atom stereocenters. The van der Waals surface area contributed by atoms with Crippen molar-refractivity contribution in [3.8, 4) is 0 Å². The van der Waals surface area contributed by atoms with Crippen LogP contribution in [0.15, 0.2) is 23.1 Å². The summed E-state index contributed by atoms with van der Waals surface area (Å²) >= 11 is 0. The van der Waals surface area contributed by atoms with E-state index in [9.17, 15) is 13.2 Å². The molecule has 0 saturated heterocycles. The highest BCUT2D eigenvalue weighted by Crippen LogP contribution is 2.17. The molecule has 0 amide bonds. The van der Waals surface area contributed by atoms with Gasteiger partial charge in [-0.25, -0.2) is 17.9 Å². The van der Waals surface area contributed by atoms with Crippen molar-refractivity contribution in [1.82, 2.24) is 10.0 Å². The van der Waals surface area contributed by atoms with E-state index in [2.05, 4.69) is 14.8 Å². The van der Waals surface area contributed by atoms with E-state index in [0.717, 1.165) is 6.54 Å². The van der Waals surface area contributed by atoms with Crippen LogP contribution in [0, 0.1) is 6.92 Å². The zero-order valence-electron chi connectivity index (χ0n) is 11.9. The number of aryl methyl sites for hydroxylation is 1. The first-order valence-electron chi connectivity index (χ1n) is 6.31. The molecule has 2 N–H and O–H groups in total. The van der Waals surface area contributed by atoms with Gasteiger partial charge in [0.1, 0.15) is 0 Å². The molecule has 7 heteroatoms. The predicted molar refractivity (Wildman–Crippen MR) is 76.3 cm³/mol. The molecule has 20 heavy (non-hydrogen) atoms. The van der Waals surface area contributed by atoms with E-state index >= 15 is 0 Å². The second kappa shape index (κ2) is 7.37. The van der Waals surface area contributed by atoms with Crippen LogP contribution >= 0.6 is 0 Å². The molecule has 0 unspecified atom stereocenters. The normalized spacial score (nSPS) is 11.3. The van der Waals surface area contributed by atoms with Gasteiger partial charge in [-0.15, -0.1) is 0 Å². The van der Waals surface area contributed by atoms with Gasteiger partial charge in [-0.2, -0.15) is 0 Å². The van der Waals surface area contributed by atoms with Gasteiger partial charge >= 0.3 is 5.97 Å². The molecule has 0 fully saturated rings. The zero-order valence-corrected chi connectivity index (χ0v) is 12.7. The van der Waals surface area contributed by atoms with Gasteiger partial charge in [-0.05, 0) is 31.2 Å². The fraction of sp³-hybridized carbons (Fsp3) is 0.462. The first-order chi connectivity index (χ1) is 9.42. The lowest BCUT2D eigenvalue weighted by molar-refractivity contribution is 0.0600. The van der Waals surface area contributed by atoms with Crippen LogP contribution in [0.3, 0.4) is 0 Å². The molecule has 0 aliphatic carbocycles. The van der Waals surface area contributed by atoms with Crippen molar-refractivity contribution in [2.24, 2.45) is 0 Å². The number of sulfonamides is 1. The van der Waals surface area contributed by atoms with Crippen LogP contribution in [-0.2, 0) is 14.8 Å². The summed E-state index contributed by atoms with van der Waals surface area (Å²) in [5.41, 5.74) is 0.791. The van der Waals surface area contributed by atoms with Gasteiger partial charge in [-0.3, -0.25) is 0 Å². The third-order valence-corrected chi connectivity index (χ3v) is 4.35. The highest BCUT2D eigenvalue weighted by molar-refractivity contribution is 7.89. The molecule has 0 spiro atoms. The average Bonchev–Trinajstić information content (AvgIpc) is 2.43. The minimum absolute atomic E-state index is 0.0944. The Hall–Kier alpha value is -1.44. The second-order valence-electron chi connectivity index (χ2n) is 4.22. The highest BCUT2D eigenvalue weighted by Gasteiger charge is 2.18. The monoisotopic (exact) mass is 300 g/mol. The third kappa shape index (κ3) is 4.29. The Morgan fingerprint density at radius 1 is 1.30 bits per heavy atom. The van der Waals surface area contributed by atoms with Crippen LogP contribution in [0.1, 0.15) is 22.8 Å². The van der Waals surface area contributed by atoms with Crippen LogP contribution in [0.2, 0.25) is 0 Å². The quantitative estimate of drug-likeness (QED) is 0.571. The van der Waals surface area contributed by atoms with Gasteiger partial charge < -0.3 is 10.1 Å². The van der Waals surface area contributed by atoms with Crippen molar-refractivity contribution in [3.63, 3.8) is 0 Å². The highest BCUT2D eigenvalue weighted by atomic mass is 32.2. The van der Waals surface area contributed by atoms with Crippen LogP contribution < -0.4 is 10.0 Å². The van der Waals surface area contributed by atoms with E-state index in [-0.39, 0.29) is 17.0 Å². The SMILES string of the molecule is CCNCCNS(=O)(=O)c1cc(C(=O)OC)ccc1C. The van der Waals surface area contributed by atoms with E-state index in [1.807, 2.05) is 6.92 Å². The standard InChI is InChI=1S/C13H20N2O4S/c1-4-14-7-8-15-20(17,18)12-9-11(13(16)19-3)6-5-10(12)2/h5-6,9,14-15H,4,7-8H2,1-3H3. The first-order valence-corrected chi connectivity index (χ1v) is 7.80. The van der Waals surface area contributed by atoms with Crippen LogP contribution in [0.4, 0.5) is 0 Å². The number of carbonyl (C=O) groups excluding carboxylic acids is 1. The number of esters is 1. The molecule has 0 aliphatic rings. The van der Waals surface area contributed by atoms with Gasteiger partial charge in [0.25, 0.3) is 0 Å². The van der Waals surface area contributed by atoms with Gasteiger partial charge in [0, 0.05) is 13.1 Å². The van der Waals surface area contributed by atoms with E-state index in [1.165, 1.54) is 13.2 Å². The number of hydrogen-bond acceptors (Lipinski definition) is 5. The molecule has 1 aromatic rings. The summed E-state index contributed by atoms with van der Waals surface area (Å²) < 4.78 is 31.5. The van der Waals surface area contributed by atoms with Crippen LogP contribution in [-0.4, -0.2) is 41.1 Å². The maximum Gasteiger partial charge on any atom is 0.337 e. The van der Waals surface area contributed by atoms with E-state index in [4.69, 9.17) is 0 Å². The van der Waals surface area contributed by atoms with Crippen molar-refractivity contribution in [2.45, 2.75) is 18.7 Å². The molecule has 1 rings (SSSR count). The Labute approximate surface area is 119 Å². The summed E-state index contributed by atoms with van der Waals surface area (Å²) in [6.07, 6.45) is 0. The number of hydrogen-bond donors (Lipinski definition) is 2. The van der Waals surface area contributed by atoms with E-state index in [0.29, 0.717) is 12.1 Å². The summed E-state index contributed by atoms with van der Waals surface area (Å²) in [5.74, 6) is -0.561. The lowest BCUT2D eigenvalue weighted by Gasteiger charge is -2.10. The summed E-state index contributed by atoms with van der Waals surface area (Å²) in [4.78, 5) is 11.6. The average molecular weight is 300 g/mol. The fourth-order valence-corrected chi connectivity index (χ4v) is 2.96. The minimum atomic E-state index is -3.63. The van der Waals surface area contributed by atoms with Gasteiger partial charge in [-0.1, -0.05) is 13.0 Å². The molecule has 0 heterocycles. The van der Waals surface area contributed by atoms with Crippen molar-refractivity contribution < 1.29 is 17.9 Å². The molecule has 0 saturated carbocycles. The summed E-state index contributed by atoms with van der Waals surface area (Å²) in [6.45, 7) is 5.24. The van der Waals surface area contributed by atoms with Crippen LogP contribution in [0.25, 0.3) is 0 Å². The Morgan fingerprint density at radius 3 is 2.60 bits per heavy atom. The maximum absolute atomic E-state index is 12.2. The molecule has 6 nitrogen and oxygen atoms in total. The maximum atomic E-state index is 12.2. The topological polar surface area (TPSA) is 84.5 Å². The van der Waals surface area contributed by atoms with Crippen molar-refractivity contribution in [2.75, 3.05) is 26.7 Å². The summed E-state index contributed by atoms with van der Waals surface area (Å²) in [6, 6.07) is 4.46. The Kier molecular flexibility index (Phi) is 6.12. The van der Waals surface area contributed by atoms with Gasteiger partial charge in [0.2, 0.25) is 10.0 Å². The van der Waals surface area contributed by atoms with E-state index < -0.39 is 16.0 Å². The molecular weight excluding hydrogens is 280 g/mol. The molecule has 0 aliphatic heterocycles. The largest absolute Gasteiger partial charge is 0.465 e. The number of benzene rings is 1. The smallest absolute Gasteiger partial charge is 0.337 e. The Bertz CT molecular complexity index is 570. The first kappa shape index (κ1) is 16.6. The lowest BCUT2D eigenvalue weighted by Crippen LogP contribution is -2.32. The van der Waals surface area contributed by atoms with E-state index in [1.54, 1.807) is 19.1 Å². The summed E-state index contributed by atoms with van der Waals surface area (Å²) in [7, 11) is -2.38. The fourth-order valence-electron chi connectivity index (χ4n) is 1.66. The Balaban J connectivity index is 2.96. The van der Waals surface area contributed by atoms with Gasteiger partial charge in [0.15, 0.2) is 0 Å². The van der Waals surface area contributed by atoms with Crippen molar-refractivity contribution >= 4 is 16.0 Å². The number of likely N-dealkylation sites (N-methyl/N-ethyl adjacent to an activating group) is 1.